The third kappa shape index (κ3) is 2.84. The highest BCUT2D eigenvalue weighted by Gasteiger charge is 2.47. The van der Waals surface area contributed by atoms with Crippen LogP contribution in [-0.2, 0) is 27.3 Å². The Labute approximate surface area is 146 Å². The van der Waals surface area contributed by atoms with Gasteiger partial charge < -0.3 is 0 Å². The van der Waals surface area contributed by atoms with Crippen molar-refractivity contribution in [2.24, 2.45) is 7.05 Å². The van der Waals surface area contributed by atoms with Crippen molar-refractivity contribution in [2.75, 3.05) is 0 Å². The molecular formula is C17H20FN3O3S. The summed E-state index contributed by atoms with van der Waals surface area (Å²) in [4.78, 5) is 12.9. The molecule has 6 nitrogen and oxygen atoms in total. The largest absolute Gasteiger partial charge is 0.273 e. The number of aromatic nitrogens is 2. The van der Waals surface area contributed by atoms with Gasteiger partial charge in [0.1, 0.15) is 10.7 Å². The molecule has 3 rings (SSSR count). The van der Waals surface area contributed by atoms with Crippen molar-refractivity contribution in [3.8, 4) is 0 Å². The molecule has 1 saturated carbocycles. The van der Waals surface area contributed by atoms with Crippen LogP contribution in [0.1, 0.15) is 36.2 Å². The highest BCUT2D eigenvalue weighted by Crippen LogP contribution is 2.44. The van der Waals surface area contributed by atoms with E-state index in [1.54, 1.807) is 33.0 Å². The Bertz CT molecular complexity index is 929. The number of carbonyl (C=O) groups is 1. The second kappa shape index (κ2) is 5.94. The lowest BCUT2D eigenvalue weighted by atomic mass is 9.64. The molecule has 0 radical (unpaired) electrons. The van der Waals surface area contributed by atoms with Crippen molar-refractivity contribution in [2.45, 2.75) is 43.4 Å². The van der Waals surface area contributed by atoms with Crippen molar-refractivity contribution in [1.82, 2.24) is 14.5 Å². The highest BCUT2D eigenvalue weighted by atomic mass is 32.2. The smallest absolute Gasteiger partial charge is 0.267 e. The van der Waals surface area contributed by atoms with Crippen LogP contribution < -0.4 is 4.72 Å². The zero-order valence-electron chi connectivity index (χ0n) is 14.3. The van der Waals surface area contributed by atoms with Crippen LogP contribution in [-0.4, -0.2) is 24.1 Å². The van der Waals surface area contributed by atoms with Gasteiger partial charge in [0.25, 0.3) is 10.0 Å². The Morgan fingerprint density at radius 3 is 2.28 bits per heavy atom. The van der Waals surface area contributed by atoms with Gasteiger partial charge >= 0.3 is 0 Å². The van der Waals surface area contributed by atoms with Crippen LogP contribution in [0, 0.1) is 19.7 Å². The molecule has 0 bridgehead atoms. The number of nitrogens with one attached hydrogen (secondary N) is 1. The fourth-order valence-electron chi connectivity index (χ4n) is 3.36. The van der Waals surface area contributed by atoms with Crippen LogP contribution in [0.25, 0.3) is 0 Å². The van der Waals surface area contributed by atoms with Gasteiger partial charge in [-0.3, -0.25) is 9.48 Å². The fraction of sp³-hybridized carbons (Fsp3) is 0.412. The summed E-state index contributed by atoms with van der Waals surface area (Å²) in [5, 5.41) is 4.09. The van der Waals surface area contributed by atoms with Gasteiger partial charge in [0, 0.05) is 7.05 Å². The van der Waals surface area contributed by atoms with E-state index < -0.39 is 27.2 Å². The quantitative estimate of drug-likeness (QED) is 0.900. The molecule has 0 aliphatic heterocycles. The number of amides is 1. The van der Waals surface area contributed by atoms with Gasteiger partial charge in [-0.2, -0.15) is 5.10 Å². The van der Waals surface area contributed by atoms with E-state index in [9.17, 15) is 17.6 Å². The molecule has 25 heavy (non-hydrogen) atoms. The minimum atomic E-state index is -4.03. The first-order valence-electron chi connectivity index (χ1n) is 8.01. The molecule has 0 unspecified atom stereocenters. The van der Waals surface area contributed by atoms with Crippen LogP contribution in [0.4, 0.5) is 4.39 Å². The molecule has 1 aromatic carbocycles. The molecule has 1 amide bonds. The number of halogens is 1. The second-order valence-electron chi connectivity index (χ2n) is 6.50. The van der Waals surface area contributed by atoms with E-state index in [0.717, 1.165) is 6.42 Å². The van der Waals surface area contributed by atoms with E-state index in [4.69, 9.17) is 0 Å². The minimum Gasteiger partial charge on any atom is -0.273 e. The number of sulfonamides is 1. The summed E-state index contributed by atoms with van der Waals surface area (Å²) in [5.74, 6) is -0.971. The molecule has 1 fully saturated rings. The lowest BCUT2D eigenvalue weighted by Gasteiger charge is -2.40. The van der Waals surface area contributed by atoms with Gasteiger partial charge in [0.15, 0.2) is 0 Å². The monoisotopic (exact) mass is 365 g/mol. The van der Waals surface area contributed by atoms with E-state index in [2.05, 4.69) is 9.82 Å². The van der Waals surface area contributed by atoms with Crippen molar-refractivity contribution in [3.05, 3.63) is 47.0 Å². The van der Waals surface area contributed by atoms with E-state index in [1.807, 2.05) is 0 Å². The molecule has 134 valence electrons. The lowest BCUT2D eigenvalue weighted by molar-refractivity contribution is -0.128. The van der Waals surface area contributed by atoms with Crippen molar-refractivity contribution in [3.63, 3.8) is 0 Å². The maximum Gasteiger partial charge on any atom is 0.267 e. The predicted molar refractivity (Wildman–Crippen MR) is 89.9 cm³/mol. The first kappa shape index (κ1) is 17.6. The third-order valence-corrected chi connectivity index (χ3v) is 6.56. The van der Waals surface area contributed by atoms with Gasteiger partial charge in [-0.1, -0.05) is 18.6 Å². The summed E-state index contributed by atoms with van der Waals surface area (Å²) in [7, 11) is -2.38. The van der Waals surface area contributed by atoms with E-state index in [1.165, 1.54) is 16.8 Å². The minimum absolute atomic E-state index is 0.0249. The molecule has 1 heterocycles. The van der Waals surface area contributed by atoms with E-state index >= 15 is 0 Å². The molecule has 0 saturated heterocycles. The average Bonchev–Trinajstić information content (AvgIpc) is 2.72. The number of benzene rings is 1. The van der Waals surface area contributed by atoms with E-state index in [0.29, 0.717) is 29.8 Å². The topological polar surface area (TPSA) is 81.1 Å². The van der Waals surface area contributed by atoms with Gasteiger partial charge in [-0.05, 0) is 44.4 Å². The van der Waals surface area contributed by atoms with Crippen LogP contribution in [0.2, 0.25) is 0 Å². The second-order valence-corrected chi connectivity index (χ2v) is 8.12. The maximum absolute atomic E-state index is 13.2. The number of hydrogen-bond acceptors (Lipinski definition) is 4. The number of rotatable bonds is 4. The molecule has 1 aliphatic rings. The van der Waals surface area contributed by atoms with Crippen LogP contribution >= 0.6 is 0 Å². The average molecular weight is 365 g/mol. The summed E-state index contributed by atoms with van der Waals surface area (Å²) < 4.78 is 42.3. The van der Waals surface area contributed by atoms with Gasteiger partial charge in [-0.15, -0.1) is 0 Å². The Balaban J connectivity index is 1.94. The lowest BCUT2D eigenvalue weighted by Crippen LogP contribution is -2.50. The number of carbonyl (C=O) groups excluding carboxylic acids is 1. The summed E-state index contributed by atoms with van der Waals surface area (Å²) in [6.45, 7) is 3.23. The predicted octanol–water partition coefficient (Wildman–Crippen LogP) is 2.10. The summed E-state index contributed by atoms with van der Waals surface area (Å²) >= 11 is 0. The molecule has 2 aromatic rings. The number of hydrogen-bond donors (Lipinski definition) is 1. The molecule has 0 atom stereocenters. The van der Waals surface area contributed by atoms with Gasteiger partial charge in [-0.25, -0.2) is 17.5 Å². The fourth-order valence-corrected chi connectivity index (χ4v) is 4.85. The Hall–Kier alpha value is -2.22. The van der Waals surface area contributed by atoms with Crippen molar-refractivity contribution in [1.29, 1.82) is 0 Å². The Morgan fingerprint density at radius 2 is 1.84 bits per heavy atom. The maximum atomic E-state index is 13.2. The molecule has 1 N–H and O–H groups in total. The Morgan fingerprint density at radius 1 is 1.24 bits per heavy atom. The summed E-state index contributed by atoms with van der Waals surface area (Å²) in [6.07, 6.45) is 1.88. The molecule has 1 aromatic heterocycles. The standard InChI is InChI=1S/C17H20FN3O3S/c1-11-15(12(2)21(3)19-11)25(23,24)20-16(22)17(9-4-10-17)13-5-7-14(18)8-6-13/h5-8H,4,9-10H2,1-3H3,(H,20,22). The molecular weight excluding hydrogens is 345 g/mol. The third-order valence-electron chi connectivity index (χ3n) is 4.98. The van der Waals surface area contributed by atoms with Gasteiger partial charge in [0.05, 0.1) is 16.8 Å². The van der Waals surface area contributed by atoms with Crippen LogP contribution in [0.15, 0.2) is 29.2 Å². The van der Waals surface area contributed by atoms with E-state index in [-0.39, 0.29) is 4.90 Å². The first-order valence-corrected chi connectivity index (χ1v) is 9.49. The Kier molecular flexibility index (Phi) is 4.18. The van der Waals surface area contributed by atoms with Gasteiger partial charge in [0.2, 0.25) is 5.91 Å². The SMILES string of the molecule is Cc1nn(C)c(C)c1S(=O)(=O)NC(=O)C1(c2ccc(F)cc2)CCC1. The molecule has 8 heteroatoms. The summed E-state index contributed by atoms with van der Waals surface area (Å²) in [6, 6.07) is 5.65. The zero-order chi connectivity index (χ0) is 18.4. The normalized spacial score (nSPS) is 16.3. The van der Waals surface area contributed by atoms with Crippen LogP contribution in [0.5, 0.6) is 0 Å². The highest BCUT2D eigenvalue weighted by molar-refractivity contribution is 7.90. The molecule has 1 aliphatic carbocycles. The summed E-state index contributed by atoms with van der Waals surface area (Å²) in [5.41, 5.74) is 0.504. The van der Waals surface area contributed by atoms with Crippen molar-refractivity contribution < 1.29 is 17.6 Å². The molecule has 0 spiro atoms. The first-order chi connectivity index (χ1) is 11.7. The zero-order valence-corrected chi connectivity index (χ0v) is 15.2. The van der Waals surface area contributed by atoms with Crippen LogP contribution in [0.3, 0.4) is 0 Å². The van der Waals surface area contributed by atoms with Crippen molar-refractivity contribution >= 4 is 15.9 Å². The number of aryl methyl sites for hydroxylation is 2. The number of nitrogens with zero attached hydrogens (tertiary/aromatic N) is 2.